The second kappa shape index (κ2) is 5.65. The molecule has 0 N–H and O–H groups in total. The molecule has 1 aliphatic carbocycles. The molecule has 0 bridgehead atoms. The lowest BCUT2D eigenvalue weighted by molar-refractivity contribution is -0.116. The molecule has 1 saturated heterocycles. The number of anilines is 1. The first-order chi connectivity index (χ1) is 10.8. The van der Waals surface area contributed by atoms with Crippen molar-refractivity contribution in [2.45, 2.75) is 34.8 Å². The van der Waals surface area contributed by atoms with Crippen LogP contribution in [0.1, 0.15) is 35.8 Å². The van der Waals surface area contributed by atoms with Gasteiger partial charge in [-0.15, -0.1) is 21.5 Å². The highest BCUT2D eigenvalue weighted by Crippen LogP contribution is 2.44. The van der Waals surface area contributed by atoms with E-state index < -0.39 is 0 Å². The molecular formula is C14H12N4OS3. The van der Waals surface area contributed by atoms with Gasteiger partial charge in [0.15, 0.2) is 4.34 Å². The Balaban J connectivity index is 1.48. The number of rotatable bonds is 4. The Labute approximate surface area is 140 Å². The number of nitriles is 1. The van der Waals surface area contributed by atoms with Crippen LogP contribution in [0.4, 0.5) is 5.00 Å². The molecule has 4 rings (SSSR count). The van der Waals surface area contributed by atoms with E-state index in [-0.39, 0.29) is 11.2 Å². The van der Waals surface area contributed by atoms with Crippen LogP contribution in [-0.4, -0.2) is 27.9 Å². The Hall–Kier alpha value is -1.43. The van der Waals surface area contributed by atoms with Gasteiger partial charge in [0, 0.05) is 12.5 Å². The third-order valence-electron chi connectivity index (χ3n) is 3.76. The number of nitrogens with zero attached hydrogens (tertiary/aromatic N) is 4. The van der Waals surface area contributed by atoms with Crippen LogP contribution in [0.15, 0.2) is 15.8 Å². The van der Waals surface area contributed by atoms with Crippen LogP contribution in [0.3, 0.4) is 0 Å². The van der Waals surface area contributed by atoms with E-state index in [1.165, 1.54) is 35.9 Å². The van der Waals surface area contributed by atoms with Crippen LogP contribution in [0, 0.1) is 11.3 Å². The van der Waals surface area contributed by atoms with E-state index in [1.54, 1.807) is 22.3 Å². The summed E-state index contributed by atoms with van der Waals surface area (Å²) in [6.45, 7) is 0.667. The second-order valence-electron chi connectivity index (χ2n) is 5.32. The van der Waals surface area contributed by atoms with Crippen molar-refractivity contribution < 1.29 is 4.79 Å². The summed E-state index contributed by atoms with van der Waals surface area (Å²) in [6.07, 6.45) is 3.21. The maximum Gasteiger partial charge on any atom is 0.241 e. The van der Waals surface area contributed by atoms with E-state index in [2.05, 4.69) is 16.3 Å². The van der Waals surface area contributed by atoms with Crippen molar-refractivity contribution in [1.82, 2.24) is 10.2 Å². The maximum absolute atomic E-state index is 12.6. The molecule has 1 saturated carbocycles. The highest BCUT2D eigenvalue weighted by atomic mass is 32.2. The summed E-state index contributed by atoms with van der Waals surface area (Å²) in [5, 5.41) is 21.2. The Morgan fingerprint density at radius 2 is 2.23 bits per heavy atom. The lowest BCUT2D eigenvalue weighted by Gasteiger charge is -2.14. The minimum atomic E-state index is -0.117. The molecule has 1 aliphatic heterocycles. The Bertz CT molecular complexity index is 758. The van der Waals surface area contributed by atoms with Crippen LogP contribution in [0.2, 0.25) is 0 Å². The molecule has 0 spiro atoms. The number of carbonyl (C=O) groups excluding carboxylic acids is 1. The normalized spacial score (nSPS) is 21.3. The summed E-state index contributed by atoms with van der Waals surface area (Å²) in [6, 6.07) is 3.91. The van der Waals surface area contributed by atoms with Gasteiger partial charge in [0.25, 0.3) is 0 Å². The van der Waals surface area contributed by atoms with Crippen molar-refractivity contribution in [2.24, 2.45) is 0 Å². The molecule has 2 aromatic heterocycles. The average molecular weight is 348 g/mol. The zero-order chi connectivity index (χ0) is 15.1. The number of thioether (sulfide) groups is 1. The first-order valence-corrected chi connectivity index (χ1v) is 9.63. The van der Waals surface area contributed by atoms with Gasteiger partial charge in [-0.2, -0.15) is 5.26 Å². The SMILES string of the molecule is N#Cc1ccsc1N1CCC(Sc2nnc(C3CC3)s2)C1=O. The first kappa shape index (κ1) is 14.2. The molecule has 1 amide bonds. The van der Waals surface area contributed by atoms with Gasteiger partial charge in [-0.3, -0.25) is 4.79 Å². The fraction of sp³-hybridized carbons (Fsp3) is 0.429. The summed E-state index contributed by atoms with van der Waals surface area (Å²) < 4.78 is 0.883. The molecule has 2 aromatic rings. The fourth-order valence-electron chi connectivity index (χ4n) is 2.45. The van der Waals surface area contributed by atoms with E-state index in [0.29, 0.717) is 18.0 Å². The van der Waals surface area contributed by atoms with Crippen LogP contribution < -0.4 is 4.90 Å². The molecule has 2 fully saturated rings. The summed E-state index contributed by atoms with van der Waals surface area (Å²) in [4.78, 5) is 14.3. The summed E-state index contributed by atoms with van der Waals surface area (Å²) >= 11 is 4.58. The Kier molecular flexibility index (Phi) is 3.64. The monoisotopic (exact) mass is 348 g/mol. The molecule has 0 radical (unpaired) electrons. The lowest BCUT2D eigenvalue weighted by atomic mass is 10.3. The number of hydrogen-bond donors (Lipinski definition) is 0. The third kappa shape index (κ3) is 2.53. The predicted octanol–water partition coefficient (Wildman–Crippen LogP) is 3.25. The number of hydrogen-bond acceptors (Lipinski definition) is 7. The molecule has 1 unspecified atom stereocenters. The number of amides is 1. The summed E-state index contributed by atoms with van der Waals surface area (Å²) in [5.41, 5.74) is 0.580. The van der Waals surface area contributed by atoms with E-state index in [1.807, 2.05) is 5.38 Å². The number of aromatic nitrogens is 2. The van der Waals surface area contributed by atoms with Gasteiger partial charge >= 0.3 is 0 Å². The minimum absolute atomic E-state index is 0.0760. The molecule has 1 atom stereocenters. The van der Waals surface area contributed by atoms with E-state index in [9.17, 15) is 4.79 Å². The molecule has 22 heavy (non-hydrogen) atoms. The lowest BCUT2D eigenvalue weighted by Crippen LogP contribution is -2.27. The first-order valence-electron chi connectivity index (χ1n) is 7.05. The van der Waals surface area contributed by atoms with Gasteiger partial charge in [-0.1, -0.05) is 23.1 Å². The van der Waals surface area contributed by atoms with Crippen LogP contribution in [0.25, 0.3) is 0 Å². The molecule has 0 aromatic carbocycles. The molecule has 8 heteroatoms. The third-order valence-corrected chi connectivity index (χ3v) is 7.12. The summed E-state index contributed by atoms with van der Waals surface area (Å²) in [5.74, 6) is 0.680. The van der Waals surface area contributed by atoms with Crippen molar-refractivity contribution >= 4 is 45.3 Å². The highest BCUT2D eigenvalue weighted by Gasteiger charge is 2.36. The Morgan fingerprint density at radius 1 is 1.36 bits per heavy atom. The van der Waals surface area contributed by atoms with Gasteiger partial charge in [0.2, 0.25) is 5.91 Å². The topological polar surface area (TPSA) is 69.9 Å². The van der Waals surface area contributed by atoms with E-state index in [0.717, 1.165) is 20.8 Å². The van der Waals surface area contributed by atoms with Gasteiger partial charge < -0.3 is 4.90 Å². The fourth-order valence-corrected chi connectivity index (χ4v) is 5.65. The van der Waals surface area contributed by atoms with Crippen LogP contribution in [-0.2, 0) is 4.79 Å². The molecule has 112 valence electrons. The van der Waals surface area contributed by atoms with Crippen molar-refractivity contribution in [1.29, 1.82) is 5.26 Å². The van der Waals surface area contributed by atoms with Crippen LogP contribution in [0.5, 0.6) is 0 Å². The van der Waals surface area contributed by atoms with Crippen molar-refractivity contribution in [2.75, 3.05) is 11.4 Å². The summed E-state index contributed by atoms with van der Waals surface area (Å²) in [7, 11) is 0. The van der Waals surface area contributed by atoms with Crippen LogP contribution >= 0.6 is 34.4 Å². The molecule has 5 nitrogen and oxygen atoms in total. The van der Waals surface area contributed by atoms with E-state index >= 15 is 0 Å². The second-order valence-corrected chi connectivity index (χ2v) is 8.67. The van der Waals surface area contributed by atoms with Crippen molar-refractivity contribution in [3.05, 3.63) is 22.0 Å². The maximum atomic E-state index is 12.6. The highest BCUT2D eigenvalue weighted by molar-refractivity contribution is 8.02. The number of carbonyl (C=O) groups is 1. The number of thiophene rings is 1. The standard InChI is InChI=1S/C14H12N4OS3/c15-7-9-4-6-20-13(9)18-5-3-10(12(18)19)21-14-17-16-11(22-14)8-1-2-8/h4,6,8,10H,1-3,5H2. The smallest absolute Gasteiger partial charge is 0.241 e. The molecule has 2 aliphatic rings. The van der Waals surface area contributed by atoms with Gasteiger partial charge in [-0.05, 0) is 30.7 Å². The molecular weight excluding hydrogens is 336 g/mol. The quantitative estimate of drug-likeness (QED) is 0.848. The zero-order valence-corrected chi connectivity index (χ0v) is 14.0. The Morgan fingerprint density at radius 3 is 3.00 bits per heavy atom. The van der Waals surface area contributed by atoms with E-state index in [4.69, 9.17) is 5.26 Å². The van der Waals surface area contributed by atoms with Gasteiger partial charge in [0.1, 0.15) is 16.1 Å². The predicted molar refractivity (Wildman–Crippen MR) is 87.5 cm³/mol. The largest absolute Gasteiger partial charge is 0.302 e. The zero-order valence-electron chi connectivity index (χ0n) is 11.6. The average Bonchev–Trinajstić information content (AvgIpc) is 2.95. The van der Waals surface area contributed by atoms with Crippen molar-refractivity contribution in [3.63, 3.8) is 0 Å². The minimum Gasteiger partial charge on any atom is -0.302 e. The van der Waals surface area contributed by atoms with Gasteiger partial charge in [-0.25, -0.2) is 0 Å². The van der Waals surface area contributed by atoms with Gasteiger partial charge in [0.05, 0.1) is 10.8 Å². The van der Waals surface area contributed by atoms with Crippen molar-refractivity contribution in [3.8, 4) is 6.07 Å². The molecule has 3 heterocycles.